The van der Waals surface area contributed by atoms with Gasteiger partial charge < -0.3 is 30.2 Å². The quantitative estimate of drug-likeness (QED) is 0.235. The Morgan fingerprint density at radius 1 is 1.56 bits per heavy atom. The number of nitrogens with zero attached hydrogens (tertiary/aromatic N) is 5. The molecule has 0 bridgehead atoms. The van der Waals surface area contributed by atoms with E-state index in [2.05, 4.69) is 25.3 Å². The number of aromatic amines is 1. The number of H-pyrrole nitrogens is 1. The number of aliphatic hydroxyl groups is 1. The van der Waals surface area contributed by atoms with E-state index in [-0.39, 0.29) is 42.2 Å². The van der Waals surface area contributed by atoms with Crippen molar-refractivity contribution in [3.8, 4) is 0 Å². The van der Waals surface area contributed by atoms with E-state index in [1.54, 1.807) is 0 Å². The summed E-state index contributed by atoms with van der Waals surface area (Å²) in [6.07, 6.45) is -5.54. The monoisotopic (exact) mass is 460 g/mol. The first-order chi connectivity index (χ1) is 15.2. The maximum Gasteiger partial charge on any atom is 0.451 e. The third-order valence-corrected chi connectivity index (χ3v) is 4.78. The summed E-state index contributed by atoms with van der Waals surface area (Å²) in [7, 11) is 0. The van der Waals surface area contributed by atoms with Crippen LogP contribution in [0.3, 0.4) is 0 Å². The summed E-state index contributed by atoms with van der Waals surface area (Å²) in [5.74, 6) is -2.15. The number of hydrogen-bond donors (Lipinski definition) is 4. The van der Waals surface area contributed by atoms with Gasteiger partial charge in [-0.3, -0.25) is 14.6 Å². The highest BCUT2D eigenvalue weighted by molar-refractivity contribution is 5.86. The molecule has 0 saturated carbocycles. The van der Waals surface area contributed by atoms with Gasteiger partial charge in [0.25, 0.3) is 5.56 Å². The Morgan fingerprint density at radius 2 is 2.31 bits per heavy atom. The largest absolute Gasteiger partial charge is 0.451 e. The van der Waals surface area contributed by atoms with Crippen LogP contribution in [0.15, 0.2) is 16.1 Å². The van der Waals surface area contributed by atoms with Gasteiger partial charge in [-0.05, 0) is 11.1 Å². The predicted octanol–water partition coefficient (Wildman–Crippen LogP) is 0.461. The number of nitrogens with one attached hydrogen (secondary N) is 2. The second-order valence-electron chi connectivity index (χ2n) is 6.85. The van der Waals surface area contributed by atoms with E-state index in [1.807, 2.05) is 0 Å². The number of ketones is 1. The van der Waals surface area contributed by atoms with Crippen molar-refractivity contribution >= 4 is 22.8 Å². The lowest BCUT2D eigenvalue weighted by atomic mass is 10.2. The lowest BCUT2D eigenvalue weighted by molar-refractivity contribution is -0.169. The van der Waals surface area contributed by atoms with Crippen LogP contribution in [0.5, 0.6) is 0 Å². The highest BCUT2D eigenvalue weighted by Crippen LogP contribution is 2.34. The van der Waals surface area contributed by atoms with E-state index in [9.17, 15) is 27.9 Å². The molecule has 13 nitrogen and oxygen atoms in total. The third kappa shape index (κ3) is 5.00. The second kappa shape index (κ2) is 9.54. The molecule has 0 spiro atoms. The number of azide groups is 1. The first-order valence-corrected chi connectivity index (χ1v) is 9.24. The van der Waals surface area contributed by atoms with Crippen LogP contribution in [0.2, 0.25) is 0 Å². The number of nitrogen functional groups attached to an aromatic ring is 1. The number of carbonyl (C=O) groups is 1. The van der Waals surface area contributed by atoms with Gasteiger partial charge in [0.05, 0.1) is 24.6 Å². The van der Waals surface area contributed by atoms with Crippen molar-refractivity contribution in [2.45, 2.75) is 37.6 Å². The van der Waals surface area contributed by atoms with Gasteiger partial charge in [0.15, 0.2) is 5.65 Å². The Labute approximate surface area is 176 Å². The molecule has 1 aliphatic rings. The van der Waals surface area contributed by atoms with Crippen molar-refractivity contribution in [3.63, 3.8) is 0 Å². The van der Waals surface area contributed by atoms with Crippen LogP contribution in [-0.2, 0) is 20.8 Å². The number of halogens is 3. The predicted molar refractivity (Wildman–Crippen MR) is 102 cm³/mol. The van der Waals surface area contributed by atoms with Crippen molar-refractivity contribution in [2.24, 2.45) is 5.11 Å². The normalized spacial score (nSPS) is 21.1. The van der Waals surface area contributed by atoms with Gasteiger partial charge >= 0.3 is 6.18 Å². The van der Waals surface area contributed by atoms with Crippen LogP contribution in [0.1, 0.15) is 18.2 Å². The van der Waals surface area contributed by atoms with E-state index in [0.717, 1.165) is 0 Å². The van der Waals surface area contributed by atoms with Crippen LogP contribution in [0, 0.1) is 0 Å². The van der Waals surface area contributed by atoms with Gasteiger partial charge in [-0.25, -0.2) is 0 Å². The van der Waals surface area contributed by atoms with Crippen molar-refractivity contribution in [1.82, 2.24) is 19.9 Å². The minimum atomic E-state index is -4.98. The standard InChI is InChI=1S/C16H19F3N8O5/c17-16(18,19)10(29)3-22-2-7-4-27(13-12(7)14(30)25-15(20)24-13)11-1-8(9(5-28)32-11)31-6-23-26-21/h4,8-9,11,22,28H,1-3,5-6H2,(H3,20,24,25,30). The lowest BCUT2D eigenvalue weighted by Gasteiger charge is -2.15. The van der Waals surface area contributed by atoms with E-state index < -0.39 is 49.1 Å². The number of Topliss-reactive ketones (excluding diaryl/α,β-unsaturated/α-hetero) is 1. The van der Waals surface area contributed by atoms with Crippen LogP contribution in [0.25, 0.3) is 21.5 Å². The topological polar surface area (TPSA) is 193 Å². The van der Waals surface area contributed by atoms with Gasteiger partial charge in [0.2, 0.25) is 11.7 Å². The van der Waals surface area contributed by atoms with Crippen molar-refractivity contribution in [2.75, 3.05) is 25.6 Å². The fraction of sp³-hybridized carbons (Fsp3) is 0.562. The Morgan fingerprint density at radius 3 is 2.97 bits per heavy atom. The molecule has 2 aromatic heterocycles. The summed E-state index contributed by atoms with van der Waals surface area (Å²) in [6, 6.07) is 0. The van der Waals surface area contributed by atoms with Crippen molar-refractivity contribution in [1.29, 1.82) is 0 Å². The summed E-state index contributed by atoms with van der Waals surface area (Å²) in [4.78, 5) is 32.5. The molecule has 1 saturated heterocycles. The van der Waals surface area contributed by atoms with Gasteiger partial charge in [0.1, 0.15) is 19.1 Å². The van der Waals surface area contributed by atoms with E-state index in [4.69, 9.17) is 20.7 Å². The SMILES string of the molecule is [N-]=[N+]=NCOC1CC(n2cc(CNCC(=O)C(F)(F)F)c3c(=O)[nH]c(N)nc32)OC1CO. The highest BCUT2D eigenvalue weighted by atomic mass is 19.4. The zero-order valence-electron chi connectivity index (χ0n) is 16.4. The molecule has 1 aliphatic heterocycles. The van der Waals surface area contributed by atoms with Crippen molar-refractivity contribution in [3.05, 3.63) is 32.6 Å². The molecule has 0 aromatic carbocycles. The van der Waals surface area contributed by atoms with Gasteiger partial charge in [0, 0.05) is 24.1 Å². The van der Waals surface area contributed by atoms with Gasteiger partial charge in [-0.15, -0.1) is 0 Å². The molecule has 3 unspecified atom stereocenters. The third-order valence-electron chi connectivity index (χ3n) is 4.78. The fourth-order valence-electron chi connectivity index (χ4n) is 3.38. The minimum absolute atomic E-state index is 0.0498. The fourth-order valence-corrected chi connectivity index (χ4v) is 3.38. The number of rotatable bonds is 9. The van der Waals surface area contributed by atoms with E-state index >= 15 is 0 Å². The lowest BCUT2D eigenvalue weighted by Crippen LogP contribution is -2.33. The average Bonchev–Trinajstić information content (AvgIpc) is 3.28. The number of alkyl halides is 3. The molecule has 1 fully saturated rings. The summed E-state index contributed by atoms with van der Waals surface area (Å²) < 4.78 is 49.9. The maximum absolute atomic E-state index is 12.4. The molecule has 174 valence electrons. The number of carbonyl (C=O) groups excluding carboxylic acids is 1. The van der Waals surface area contributed by atoms with Crippen LogP contribution < -0.4 is 16.6 Å². The molecule has 0 amide bonds. The zero-order chi connectivity index (χ0) is 23.5. The highest BCUT2D eigenvalue weighted by Gasteiger charge is 2.38. The summed E-state index contributed by atoms with van der Waals surface area (Å²) in [5, 5.41) is 15.2. The zero-order valence-corrected chi connectivity index (χ0v) is 16.4. The van der Waals surface area contributed by atoms with Crippen molar-refractivity contribution < 1.29 is 32.5 Å². The van der Waals surface area contributed by atoms with Crippen LogP contribution >= 0.6 is 0 Å². The smallest absolute Gasteiger partial charge is 0.394 e. The molecule has 0 aliphatic carbocycles. The number of anilines is 1. The average molecular weight is 460 g/mol. The summed E-state index contributed by atoms with van der Waals surface area (Å²) in [6.45, 7) is -1.90. The summed E-state index contributed by atoms with van der Waals surface area (Å²) >= 11 is 0. The van der Waals surface area contributed by atoms with E-state index in [0.29, 0.717) is 0 Å². The Bertz CT molecular complexity index is 1090. The minimum Gasteiger partial charge on any atom is -0.394 e. The molecule has 5 N–H and O–H groups in total. The number of hydrogen-bond acceptors (Lipinski definition) is 9. The molecule has 3 rings (SSSR count). The maximum atomic E-state index is 12.4. The Kier molecular flexibility index (Phi) is 7.00. The number of nitrogens with two attached hydrogens (primary N) is 1. The molecular formula is C16H19F3N8O5. The first-order valence-electron chi connectivity index (χ1n) is 9.24. The molecule has 3 heterocycles. The van der Waals surface area contributed by atoms with Crippen LogP contribution in [-0.4, -0.2) is 63.7 Å². The summed E-state index contributed by atoms with van der Waals surface area (Å²) in [5.41, 5.74) is 13.7. The number of aliphatic hydroxyl groups excluding tert-OH is 1. The molecule has 16 heteroatoms. The molecule has 32 heavy (non-hydrogen) atoms. The molecule has 3 atom stereocenters. The molecule has 0 radical (unpaired) electrons. The second-order valence-corrected chi connectivity index (χ2v) is 6.85. The Balaban J connectivity index is 1.88. The van der Waals surface area contributed by atoms with E-state index in [1.165, 1.54) is 10.8 Å². The van der Waals surface area contributed by atoms with Gasteiger partial charge in [-0.2, -0.15) is 18.2 Å². The Hall–Kier alpha value is -3.17. The van der Waals surface area contributed by atoms with Crippen LogP contribution in [0.4, 0.5) is 19.1 Å². The number of aromatic nitrogens is 3. The molecular weight excluding hydrogens is 441 g/mol. The number of ether oxygens (including phenoxy) is 2. The number of fused-ring (bicyclic) bond motifs is 1. The molecule has 2 aromatic rings. The first kappa shape index (κ1) is 23.5. The van der Waals surface area contributed by atoms with Gasteiger partial charge in [-0.1, -0.05) is 5.11 Å².